The molecule has 1 aliphatic rings. The number of rotatable bonds is 4. The molecule has 0 unspecified atom stereocenters. The van der Waals surface area contributed by atoms with E-state index < -0.39 is 0 Å². The van der Waals surface area contributed by atoms with E-state index in [4.69, 9.17) is 4.74 Å². The van der Waals surface area contributed by atoms with E-state index in [1.54, 1.807) is 0 Å². The van der Waals surface area contributed by atoms with Crippen LogP contribution in [0.15, 0.2) is 24.3 Å². The molecule has 1 fully saturated rings. The van der Waals surface area contributed by atoms with E-state index in [0.29, 0.717) is 0 Å². The zero-order valence-corrected chi connectivity index (χ0v) is 10.8. The zero-order chi connectivity index (χ0) is 12.1. The predicted molar refractivity (Wildman–Crippen MR) is 72.8 cm³/mol. The summed E-state index contributed by atoms with van der Waals surface area (Å²) in [5.74, 6) is 0.756. The van der Waals surface area contributed by atoms with Crippen molar-refractivity contribution < 1.29 is 4.74 Å². The summed E-state index contributed by atoms with van der Waals surface area (Å²) in [6.07, 6.45) is 2.36. The fourth-order valence-electron chi connectivity index (χ4n) is 2.11. The Bertz CT molecular complexity index is 346. The van der Waals surface area contributed by atoms with Crippen molar-refractivity contribution in [1.82, 2.24) is 0 Å². The highest BCUT2D eigenvalue weighted by atomic mass is 16.5. The van der Waals surface area contributed by atoms with Gasteiger partial charge in [0, 0.05) is 45.2 Å². The predicted octanol–water partition coefficient (Wildman–Crippen LogP) is 2.59. The first-order valence-electron chi connectivity index (χ1n) is 6.35. The second kappa shape index (κ2) is 5.92. The van der Waals surface area contributed by atoms with E-state index in [2.05, 4.69) is 48.6 Å². The van der Waals surface area contributed by atoms with Crippen molar-refractivity contribution in [3.63, 3.8) is 0 Å². The van der Waals surface area contributed by atoms with E-state index in [9.17, 15) is 0 Å². The minimum Gasteiger partial charge on any atom is -0.385 e. The SMILES string of the molecule is CN(C)c1cccc(NCC2CCOCC2)c1. The Morgan fingerprint density at radius 2 is 2.06 bits per heavy atom. The summed E-state index contributed by atoms with van der Waals surface area (Å²) in [7, 11) is 4.13. The highest BCUT2D eigenvalue weighted by molar-refractivity contribution is 5.57. The first-order valence-corrected chi connectivity index (χ1v) is 6.35. The number of hydrogen-bond donors (Lipinski definition) is 1. The summed E-state index contributed by atoms with van der Waals surface area (Å²) in [4.78, 5) is 2.12. The van der Waals surface area contributed by atoms with Gasteiger partial charge in [0.15, 0.2) is 0 Å². The standard InChI is InChI=1S/C14H22N2O/c1-16(2)14-5-3-4-13(10-14)15-11-12-6-8-17-9-7-12/h3-5,10,12,15H,6-9,11H2,1-2H3. The van der Waals surface area contributed by atoms with Gasteiger partial charge in [-0.2, -0.15) is 0 Å². The van der Waals surface area contributed by atoms with Crippen molar-refractivity contribution >= 4 is 11.4 Å². The summed E-state index contributed by atoms with van der Waals surface area (Å²) in [6, 6.07) is 8.55. The highest BCUT2D eigenvalue weighted by Gasteiger charge is 2.13. The monoisotopic (exact) mass is 234 g/mol. The summed E-state index contributed by atoms with van der Waals surface area (Å²) >= 11 is 0. The molecule has 2 rings (SSSR count). The van der Waals surface area contributed by atoms with Gasteiger partial charge in [0.25, 0.3) is 0 Å². The van der Waals surface area contributed by atoms with Gasteiger partial charge >= 0.3 is 0 Å². The Morgan fingerprint density at radius 3 is 2.76 bits per heavy atom. The zero-order valence-electron chi connectivity index (χ0n) is 10.8. The van der Waals surface area contributed by atoms with E-state index in [1.165, 1.54) is 24.2 Å². The lowest BCUT2D eigenvalue weighted by Gasteiger charge is -2.23. The van der Waals surface area contributed by atoms with Gasteiger partial charge in [-0.25, -0.2) is 0 Å². The summed E-state index contributed by atoms with van der Waals surface area (Å²) in [5, 5.41) is 3.53. The Balaban J connectivity index is 1.87. The van der Waals surface area contributed by atoms with Crippen LogP contribution in [0, 0.1) is 5.92 Å². The van der Waals surface area contributed by atoms with Gasteiger partial charge in [0.1, 0.15) is 0 Å². The highest BCUT2D eigenvalue weighted by Crippen LogP contribution is 2.19. The topological polar surface area (TPSA) is 24.5 Å². The van der Waals surface area contributed by atoms with Crippen LogP contribution < -0.4 is 10.2 Å². The summed E-state index contributed by atoms with van der Waals surface area (Å²) in [6.45, 7) is 2.90. The number of benzene rings is 1. The fraction of sp³-hybridized carbons (Fsp3) is 0.571. The molecule has 0 atom stereocenters. The normalized spacial score (nSPS) is 16.8. The van der Waals surface area contributed by atoms with Crippen molar-refractivity contribution in [3.8, 4) is 0 Å². The van der Waals surface area contributed by atoms with Crippen LogP contribution in [0.1, 0.15) is 12.8 Å². The molecule has 1 saturated heterocycles. The molecule has 1 aromatic carbocycles. The Hall–Kier alpha value is -1.22. The third-order valence-electron chi connectivity index (χ3n) is 3.30. The Kier molecular flexibility index (Phi) is 4.26. The van der Waals surface area contributed by atoms with Gasteiger partial charge in [0.2, 0.25) is 0 Å². The molecule has 0 saturated carbocycles. The maximum Gasteiger partial charge on any atom is 0.0469 e. The number of ether oxygens (including phenoxy) is 1. The minimum absolute atomic E-state index is 0.756. The molecule has 0 amide bonds. The molecule has 1 aromatic rings. The van der Waals surface area contributed by atoms with Crippen LogP contribution in [0.4, 0.5) is 11.4 Å². The smallest absolute Gasteiger partial charge is 0.0469 e. The van der Waals surface area contributed by atoms with Crippen LogP contribution in [0.25, 0.3) is 0 Å². The molecule has 17 heavy (non-hydrogen) atoms. The minimum atomic E-state index is 0.756. The number of nitrogens with zero attached hydrogens (tertiary/aromatic N) is 1. The van der Waals surface area contributed by atoms with Gasteiger partial charge in [0.05, 0.1) is 0 Å². The molecule has 3 heteroatoms. The number of hydrogen-bond acceptors (Lipinski definition) is 3. The molecule has 0 aromatic heterocycles. The average Bonchev–Trinajstić information content (AvgIpc) is 2.38. The van der Waals surface area contributed by atoms with Crippen LogP contribution in [0.5, 0.6) is 0 Å². The molecule has 0 spiro atoms. The molecule has 0 radical (unpaired) electrons. The molecule has 1 N–H and O–H groups in total. The molecule has 1 aliphatic heterocycles. The van der Waals surface area contributed by atoms with E-state index >= 15 is 0 Å². The van der Waals surface area contributed by atoms with Gasteiger partial charge in [-0.3, -0.25) is 0 Å². The van der Waals surface area contributed by atoms with Gasteiger partial charge < -0.3 is 15.0 Å². The second-order valence-corrected chi connectivity index (χ2v) is 4.88. The summed E-state index contributed by atoms with van der Waals surface area (Å²) in [5.41, 5.74) is 2.45. The van der Waals surface area contributed by atoms with Gasteiger partial charge in [-0.1, -0.05) is 6.07 Å². The Labute approximate surface area is 104 Å². The third kappa shape index (κ3) is 3.63. The maximum atomic E-state index is 5.37. The van der Waals surface area contributed by atoms with E-state index in [1.807, 2.05) is 0 Å². The molecule has 3 nitrogen and oxygen atoms in total. The molecular formula is C14H22N2O. The van der Waals surface area contributed by atoms with E-state index in [0.717, 1.165) is 25.7 Å². The lowest BCUT2D eigenvalue weighted by atomic mass is 10.0. The molecule has 0 bridgehead atoms. The van der Waals surface area contributed by atoms with Crippen LogP contribution in [-0.4, -0.2) is 33.9 Å². The van der Waals surface area contributed by atoms with Crippen LogP contribution in [0.2, 0.25) is 0 Å². The third-order valence-corrected chi connectivity index (χ3v) is 3.30. The lowest BCUT2D eigenvalue weighted by Crippen LogP contribution is -2.22. The fourth-order valence-corrected chi connectivity index (χ4v) is 2.11. The quantitative estimate of drug-likeness (QED) is 0.866. The van der Waals surface area contributed by atoms with Crippen LogP contribution in [0.3, 0.4) is 0 Å². The van der Waals surface area contributed by atoms with E-state index in [-0.39, 0.29) is 0 Å². The van der Waals surface area contributed by atoms with Crippen molar-refractivity contribution in [1.29, 1.82) is 0 Å². The first kappa shape index (κ1) is 12.2. The molecular weight excluding hydrogens is 212 g/mol. The number of anilines is 2. The van der Waals surface area contributed by atoms with Crippen LogP contribution in [-0.2, 0) is 4.74 Å². The van der Waals surface area contributed by atoms with Crippen molar-refractivity contribution in [2.75, 3.05) is 44.1 Å². The number of nitrogens with one attached hydrogen (secondary N) is 1. The van der Waals surface area contributed by atoms with Gasteiger partial charge in [-0.05, 0) is 37.0 Å². The Morgan fingerprint density at radius 1 is 1.29 bits per heavy atom. The van der Waals surface area contributed by atoms with Gasteiger partial charge in [-0.15, -0.1) is 0 Å². The first-order chi connectivity index (χ1) is 8.25. The molecule has 0 aliphatic carbocycles. The van der Waals surface area contributed by atoms with Crippen molar-refractivity contribution in [2.24, 2.45) is 5.92 Å². The molecule has 1 heterocycles. The molecule has 94 valence electrons. The van der Waals surface area contributed by atoms with Crippen LogP contribution >= 0.6 is 0 Å². The van der Waals surface area contributed by atoms with Crippen molar-refractivity contribution in [2.45, 2.75) is 12.8 Å². The lowest BCUT2D eigenvalue weighted by molar-refractivity contribution is 0.0699. The van der Waals surface area contributed by atoms with Crippen molar-refractivity contribution in [3.05, 3.63) is 24.3 Å². The second-order valence-electron chi connectivity index (χ2n) is 4.88. The maximum absolute atomic E-state index is 5.37. The summed E-state index contributed by atoms with van der Waals surface area (Å²) < 4.78 is 5.37. The largest absolute Gasteiger partial charge is 0.385 e. The average molecular weight is 234 g/mol.